The highest BCUT2D eigenvalue weighted by Crippen LogP contribution is 2.09. The maximum atomic E-state index is 10.6. The van der Waals surface area contributed by atoms with E-state index >= 15 is 0 Å². The summed E-state index contributed by atoms with van der Waals surface area (Å²) < 4.78 is 0. The minimum atomic E-state index is -0.997. The number of nitrogens with zero attached hydrogens (tertiary/aromatic N) is 1. The third kappa shape index (κ3) is 3.58. The van der Waals surface area contributed by atoms with Gasteiger partial charge < -0.3 is 10.4 Å². The second-order valence-corrected chi connectivity index (χ2v) is 3.57. The van der Waals surface area contributed by atoms with Gasteiger partial charge in [0.05, 0.1) is 11.9 Å². The molecule has 1 heterocycles. The summed E-state index contributed by atoms with van der Waals surface area (Å²) in [6.45, 7) is 4.22. The summed E-state index contributed by atoms with van der Waals surface area (Å²) in [4.78, 5) is 14.4. The molecule has 0 aliphatic rings. The lowest BCUT2D eigenvalue weighted by Crippen LogP contribution is -2.14. The molecule has 0 spiro atoms. The lowest BCUT2D eigenvalue weighted by molar-refractivity contribution is 0.0690. The molecular weight excluding hydrogens is 192 g/mol. The molecule has 1 rings (SSSR count). The van der Waals surface area contributed by atoms with Gasteiger partial charge in [0.2, 0.25) is 0 Å². The van der Waals surface area contributed by atoms with Crippen LogP contribution in [-0.4, -0.2) is 22.1 Å². The molecule has 15 heavy (non-hydrogen) atoms. The van der Waals surface area contributed by atoms with E-state index in [1.807, 2.05) is 0 Å². The molecule has 0 aromatic carbocycles. The van der Waals surface area contributed by atoms with Crippen LogP contribution < -0.4 is 5.32 Å². The Morgan fingerprint density at radius 1 is 1.60 bits per heavy atom. The predicted octanol–water partition coefficient (Wildman–Crippen LogP) is 2.38. The van der Waals surface area contributed by atoms with Crippen LogP contribution in [0.25, 0.3) is 0 Å². The van der Waals surface area contributed by atoms with Crippen molar-refractivity contribution < 1.29 is 9.90 Å². The molecule has 2 N–H and O–H groups in total. The van der Waals surface area contributed by atoms with Gasteiger partial charge in [0.15, 0.2) is 0 Å². The van der Waals surface area contributed by atoms with Crippen molar-refractivity contribution in [2.75, 3.05) is 5.32 Å². The Bertz CT molecular complexity index is 322. The number of carboxylic acid groups (broad SMARTS) is 1. The van der Waals surface area contributed by atoms with Crippen LogP contribution in [0.1, 0.15) is 37.2 Å². The zero-order valence-corrected chi connectivity index (χ0v) is 9.03. The van der Waals surface area contributed by atoms with Crippen molar-refractivity contribution in [1.29, 1.82) is 0 Å². The van der Waals surface area contributed by atoms with Crippen molar-refractivity contribution in [1.82, 2.24) is 4.98 Å². The normalized spacial score (nSPS) is 12.1. The van der Waals surface area contributed by atoms with E-state index in [-0.39, 0.29) is 5.69 Å². The first-order chi connectivity index (χ1) is 7.13. The van der Waals surface area contributed by atoms with Crippen molar-refractivity contribution in [3.63, 3.8) is 0 Å². The van der Waals surface area contributed by atoms with E-state index in [1.165, 1.54) is 6.07 Å². The maximum absolute atomic E-state index is 10.6. The van der Waals surface area contributed by atoms with Gasteiger partial charge in [-0.1, -0.05) is 13.3 Å². The van der Waals surface area contributed by atoms with Gasteiger partial charge in [0, 0.05) is 6.04 Å². The fourth-order valence-corrected chi connectivity index (χ4v) is 1.40. The minimum absolute atomic E-state index is 0.0729. The standard InChI is InChI=1S/C11H16N2O2/c1-3-4-8(2)13-9-5-6-10(11(14)15)12-7-9/h5-8,13H,3-4H2,1-2H3,(H,14,15). The maximum Gasteiger partial charge on any atom is 0.354 e. The fourth-order valence-electron chi connectivity index (χ4n) is 1.40. The van der Waals surface area contributed by atoms with E-state index in [0.717, 1.165) is 18.5 Å². The van der Waals surface area contributed by atoms with Crippen LogP contribution in [0.15, 0.2) is 18.3 Å². The topological polar surface area (TPSA) is 62.2 Å². The minimum Gasteiger partial charge on any atom is -0.477 e. The van der Waals surface area contributed by atoms with Gasteiger partial charge in [-0.25, -0.2) is 9.78 Å². The zero-order chi connectivity index (χ0) is 11.3. The molecule has 1 atom stereocenters. The van der Waals surface area contributed by atoms with E-state index in [1.54, 1.807) is 12.3 Å². The Labute approximate surface area is 89.3 Å². The van der Waals surface area contributed by atoms with Crippen LogP contribution in [0.3, 0.4) is 0 Å². The van der Waals surface area contributed by atoms with Gasteiger partial charge in [-0.15, -0.1) is 0 Å². The van der Waals surface area contributed by atoms with Crippen LogP contribution in [0.4, 0.5) is 5.69 Å². The van der Waals surface area contributed by atoms with Crippen LogP contribution in [0, 0.1) is 0 Å². The second kappa shape index (κ2) is 5.34. The van der Waals surface area contributed by atoms with Crippen LogP contribution in [0.2, 0.25) is 0 Å². The zero-order valence-electron chi connectivity index (χ0n) is 9.03. The van der Waals surface area contributed by atoms with E-state index in [9.17, 15) is 4.79 Å². The van der Waals surface area contributed by atoms with Crippen molar-refractivity contribution >= 4 is 11.7 Å². The molecule has 4 nitrogen and oxygen atoms in total. The monoisotopic (exact) mass is 208 g/mol. The number of pyridine rings is 1. The molecule has 82 valence electrons. The molecule has 1 aromatic heterocycles. The van der Waals surface area contributed by atoms with E-state index in [0.29, 0.717) is 6.04 Å². The number of carbonyl (C=O) groups is 1. The Hall–Kier alpha value is -1.58. The van der Waals surface area contributed by atoms with Crippen molar-refractivity contribution in [2.45, 2.75) is 32.7 Å². The van der Waals surface area contributed by atoms with Crippen molar-refractivity contribution in [3.05, 3.63) is 24.0 Å². The number of hydrogen-bond acceptors (Lipinski definition) is 3. The quantitative estimate of drug-likeness (QED) is 0.779. The van der Waals surface area contributed by atoms with Crippen molar-refractivity contribution in [3.8, 4) is 0 Å². The van der Waals surface area contributed by atoms with Gasteiger partial charge in [-0.2, -0.15) is 0 Å². The molecule has 4 heteroatoms. The highest BCUT2D eigenvalue weighted by molar-refractivity contribution is 5.85. The Morgan fingerprint density at radius 2 is 2.33 bits per heavy atom. The molecule has 0 saturated heterocycles. The van der Waals surface area contributed by atoms with Crippen LogP contribution in [-0.2, 0) is 0 Å². The second-order valence-electron chi connectivity index (χ2n) is 3.57. The molecule has 1 unspecified atom stereocenters. The van der Waals surface area contributed by atoms with Gasteiger partial charge in [-0.05, 0) is 25.5 Å². The number of nitrogens with one attached hydrogen (secondary N) is 1. The summed E-state index contributed by atoms with van der Waals surface area (Å²) in [5.74, 6) is -0.997. The van der Waals surface area contributed by atoms with E-state index in [4.69, 9.17) is 5.11 Å². The molecular formula is C11H16N2O2. The summed E-state index contributed by atoms with van der Waals surface area (Å²) in [5, 5.41) is 11.9. The Balaban J connectivity index is 2.60. The first-order valence-corrected chi connectivity index (χ1v) is 5.09. The molecule has 1 aromatic rings. The summed E-state index contributed by atoms with van der Waals surface area (Å²) in [6, 6.07) is 3.62. The number of aromatic carboxylic acids is 1. The number of aromatic nitrogens is 1. The van der Waals surface area contributed by atoms with E-state index < -0.39 is 5.97 Å². The lowest BCUT2D eigenvalue weighted by atomic mass is 10.2. The summed E-state index contributed by atoms with van der Waals surface area (Å²) in [6.07, 6.45) is 3.76. The third-order valence-electron chi connectivity index (χ3n) is 2.12. The Morgan fingerprint density at radius 3 is 2.80 bits per heavy atom. The fraction of sp³-hybridized carbons (Fsp3) is 0.455. The highest BCUT2D eigenvalue weighted by atomic mass is 16.4. The average Bonchev–Trinajstić information content (AvgIpc) is 2.18. The lowest BCUT2D eigenvalue weighted by Gasteiger charge is -2.13. The SMILES string of the molecule is CCCC(C)Nc1ccc(C(=O)O)nc1. The summed E-state index contributed by atoms with van der Waals surface area (Å²) >= 11 is 0. The van der Waals surface area contributed by atoms with Crippen LogP contribution in [0.5, 0.6) is 0 Å². The predicted molar refractivity (Wildman–Crippen MR) is 59.2 cm³/mol. The molecule has 0 saturated carbocycles. The highest BCUT2D eigenvalue weighted by Gasteiger charge is 2.04. The summed E-state index contributed by atoms with van der Waals surface area (Å²) in [5.41, 5.74) is 0.935. The number of carboxylic acids is 1. The average molecular weight is 208 g/mol. The molecule has 0 aliphatic carbocycles. The number of rotatable bonds is 5. The van der Waals surface area contributed by atoms with Crippen molar-refractivity contribution in [2.24, 2.45) is 0 Å². The number of anilines is 1. The van der Waals surface area contributed by atoms with Crippen LogP contribution >= 0.6 is 0 Å². The van der Waals surface area contributed by atoms with Gasteiger partial charge in [0.25, 0.3) is 0 Å². The van der Waals surface area contributed by atoms with Gasteiger partial charge in [-0.3, -0.25) is 0 Å². The van der Waals surface area contributed by atoms with E-state index in [2.05, 4.69) is 24.1 Å². The molecule has 0 fully saturated rings. The van der Waals surface area contributed by atoms with Gasteiger partial charge >= 0.3 is 5.97 Å². The first kappa shape index (κ1) is 11.5. The Kier molecular flexibility index (Phi) is 4.09. The molecule has 0 radical (unpaired) electrons. The first-order valence-electron chi connectivity index (χ1n) is 5.09. The van der Waals surface area contributed by atoms with Gasteiger partial charge in [0.1, 0.15) is 5.69 Å². The third-order valence-corrected chi connectivity index (χ3v) is 2.12. The molecule has 0 bridgehead atoms. The molecule has 0 amide bonds. The largest absolute Gasteiger partial charge is 0.477 e. The molecule has 0 aliphatic heterocycles. The smallest absolute Gasteiger partial charge is 0.354 e. The number of hydrogen-bond donors (Lipinski definition) is 2. The summed E-state index contributed by atoms with van der Waals surface area (Å²) in [7, 11) is 0.